The number of hydrogen-bond acceptors (Lipinski definition) is 4. The number of benzene rings is 3. The Balaban J connectivity index is 1.56. The fraction of sp³-hybridized carbons (Fsp3) is 0.130. The summed E-state index contributed by atoms with van der Waals surface area (Å²) in [5.74, 6) is -0.167. The number of carbonyl (C=O) groups excluding carboxylic acids is 2. The third-order valence-electron chi connectivity index (χ3n) is 4.18. The van der Waals surface area contributed by atoms with Crippen molar-refractivity contribution in [2.45, 2.75) is 6.92 Å². The van der Waals surface area contributed by atoms with E-state index in [9.17, 15) is 9.59 Å². The van der Waals surface area contributed by atoms with E-state index in [0.29, 0.717) is 17.0 Å². The average molecular weight is 375 g/mol. The van der Waals surface area contributed by atoms with Gasteiger partial charge in [-0.25, -0.2) is 4.79 Å². The number of aryl methyl sites for hydroxylation is 1. The van der Waals surface area contributed by atoms with Crippen LogP contribution in [0.5, 0.6) is 5.75 Å². The van der Waals surface area contributed by atoms with Crippen LogP contribution in [0.15, 0.2) is 72.8 Å². The van der Waals surface area contributed by atoms with E-state index in [4.69, 9.17) is 4.74 Å². The lowest BCUT2D eigenvalue weighted by Gasteiger charge is -2.09. The molecule has 142 valence electrons. The molecule has 0 heterocycles. The standard InChI is InChI=1S/C23H21NO4/c1-16-6-8-17(9-7-16)18-10-12-21(13-11-18)28-15-22(25)24-20-5-3-4-19(14-20)23(26)27-2/h3-14H,15H2,1-2H3,(H,24,25). The molecule has 0 saturated carbocycles. The quantitative estimate of drug-likeness (QED) is 0.646. The van der Waals surface area contributed by atoms with Crippen LogP contribution in [0.3, 0.4) is 0 Å². The molecule has 5 heteroatoms. The summed E-state index contributed by atoms with van der Waals surface area (Å²) in [4.78, 5) is 23.7. The monoisotopic (exact) mass is 375 g/mol. The summed E-state index contributed by atoms with van der Waals surface area (Å²) < 4.78 is 10.2. The molecule has 0 spiro atoms. The minimum Gasteiger partial charge on any atom is -0.484 e. The third-order valence-corrected chi connectivity index (χ3v) is 4.18. The van der Waals surface area contributed by atoms with Gasteiger partial charge < -0.3 is 14.8 Å². The molecule has 28 heavy (non-hydrogen) atoms. The average Bonchev–Trinajstić information content (AvgIpc) is 2.73. The lowest BCUT2D eigenvalue weighted by atomic mass is 10.0. The van der Waals surface area contributed by atoms with Gasteiger partial charge in [-0.15, -0.1) is 0 Å². The van der Waals surface area contributed by atoms with Crippen molar-refractivity contribution in [2.75, 3.05) is 19.0 Å². The number of esters is 1. The number of carbonyl (C=O) groups is 2. The number of rotatable bonds is 6. The van der Waals surface area contributed by atoms with Crippen molar-refractivity contribution in [3.8, 4) is 16.9 Å². The maximum Gasteiger partial charge on any atom is 0.337 e. The molecule has 0 aliphatic rings. The van der Waals surface area contributed by atoms with Gasteiger partial charge in [0.15, 0.2) is 6.61 Å². The van der Waals surface area contributed by atoms with Crippen molar-refractivity contribution in [3.05, 3.63) is 83.9 Å². The molecule has 0 aromatic heterocycles. The van der Waals surface area contributed by atoms with Crippen molar-refractivity contribution >= 4 is 17.6 Å². The van der Waals surface area contributed by atoms with Crippen LogP contribution in [-0.4, -0.2) is 25.6 Å². The molecule has 1 N–H and O–H groups in total. The normalized spacial score (nSPS) is 10.2. The van der Waals surface area contributed by atoms with E-state index in [1.807, 2.05) is 24.3 Å². The van der Waals surface area contributed by atoms with Crippen molar-refractivity contribution in [2.24, 2.45) is 0 Å². The summed E-state index contributed by atoms with van der Waals surface area (Å²) in [6, 6.07) is 22.4. The number of amides is 1. The first-order chi connectivity index (χ1) is 13.5. The molecule has 0 atom stereocenters. The van der Waals surface area contributed by atoms with Gasteiger partial charge in [0.2, 0.25) is 0 Å². The number of anilines is 1. The fourth-order valence-corrected chi connectivity index (χ4v) is 2.68. The Morgan fingerprint density at radius 1 is 0.893 bits per heavy atom. The Morgan fingerprint density at radius 2 is 1.54 bits per heavy atom. The van der Waals surface area contributed by atoms with Gasteiger partial charge in [0.25, 0.3) is 5.91 Å². The summed E-state index contributed by atoms with van der Waals surface area (Å²) in [7, 11) is 1.31. The van der Waals surface area contributed by atoms with Crippen LogP contribution in [0.4, 0.5) is 5.69 Å². The van der Waals surface area contributed by atoms with E-state index in [2.05, 4.69) is 41.2 Å². The van der Waals surface area contributed by atoms with Gasteiger partial charge >= 0.3 is 5.97 Å². The highest BCUT2D eigenvalue weighted by Crippen LogP contribution is 2.22. The first-order valence-corrected chi connectivity index (χ1v) is 8.83. The van der Waals surface area contributed by atoms with E-state index in [1.165, 1.54) is 12.7 Å². The Morgan fingerprint density at radius 3 is 2.18 bits per heavy atom. The van der Waals surface area contributed by atoms with Crippen LogP contribution in [0.1, 0.15) is 15.9 Å². The summed E-state index contributed by atoms with van der Waals surface area (Å²) in [6.45, 7) is 1.92. The molecule has 0 bridgehead atoms. The van der Waals surface area contributed by atoms with Crippen LogP contribution in [-0.2, 0) is 9.53 Å². The smallest absolute Gasteiger partial charge is 0.337 e. The van der Waals surface area contributed by atoms with Crippen molar-refractivity contribution in [1.29, 1.82) is 0 Å². The molecule has 1 amide bonds. The minimum absolute atomic E-state index is 0.133. The van der Waals surface area contributed by atoms with Gasteiger partial charge in [-0.3, -0.25) is 4.79 Å². The van der Waals surface area contributed by atoms with Gasteiger partial charge in [-0.05, 0) is 48.4 Å². The van der Waals surface area contributed by atoms with Crippen LogP contribution in [0.25, 0.3) is 11.1 Å². The van der Waals surface area contributed by atoms with E-state index in [1.54, 1.807) is 24.3 Å². The lowest BCUT2D eigenvalue weighted by Crippen LogP contribution is -2.20. The van der Waals surface area contributed by atoms with E-state index >= 15 is 0 Å². The lowest BCUT2D eigenvalue weighted by molar-refractivity contribution is -0.118. The number of hydrogen-bond donors (Lipinski definition) is 1. The fourth-order valence-electron chi connectivity index (χ4n) is 2.68. The van der Waals surface area contributed by atoms with Gasteiger partial charge in [0.05, 0.1) is 12.7 Å². The van der Waals surface area contributed by atoms with Crippen LogP contribution in [0.2, 0.25) is 0 Å². The number of methoxy groups -OCH3 is 1. The Kier molecular flexibility index (Phi) is 6.07. The zero-order chi connectivity index (χ0) is 19.9. The Labute approximate surface area is 163 Å². The third kappa shape index (κ3) is 4.98. The number of nitrogens with one attached hydrogen (secondary N) is 1. The van der Waals surface area contributed by atoms with Gasteiger partial charge in [0.1, 0.15) is 5.75 Å². The molecular formula is C23H21NO4. The largest absolute Gasteiger partial charge is 0.484 e. The predicted molar refractivity (Wildman–Crippen MR) is 109 cm³/mol. The molecule has 3 aromatic carbocycles. The summed E-state index contributed by atoms with van der Waals surface area (Å²) in [5, 5.41) is 2.70. The molecule has 0 unspecified atom stereocenters. The Hall–Kier alpha value is -3.60. The second-order valence-electron chi connectivity index (χ2n) is 6.30. The van der Waals surface area contributed by atoms with Crippen LogP contribution < -0.4 is 10.1 Å². The second-order valence-corrected chi connectivity index (χ2v) is 6.30. The predicted octanol–water partition coefficient (Wildman–Crippen LogP) is 4.47. The highest BCUT2D eigenvalue weighted by atomic mass is 16.5. The van der Waals surface area contributed by atoms with Crippen molar-refractivity contribution < 1.29 is 19.1 Å². The minimum atomic E-state index is -0.457. The highest BCUT2D eigenvalue weighted by molar-refractivity contribution is 5.95. The SMILES string of the molecule is COC(=O)c1cccc(NC(=O)COc2ccc(-c3ccc(C)cc3)cc2)c1. The molecule has 0 radical (unpaired) electrons. The second kappa shape index (κ2) is 8.86. The summed E-state index contributed by atoms with van der Waals surface area (Å²) in [6.07, 6.45) is 0. The Bertz CT molecular complexity index is 963. The first kappa shape index (κ1) is 19.2. The molecule has 0 fully saturated rings. The summed E-state index contributed by atoms with van der Waals surface area (Å²) in [5.41, 5.74) is 4.29. The van der Waals surface area contributed by atoms with Crippen molar-refractivity contribution in [1.82, 2.24) is 0 Å². The molecule has 0 aliphatic heterocycles. The van der Waals surface area contributed by atoms with Gasteiger partial charge in [0, 0.05) is 5.69 Å². The molecule has 5 nitrogen and oxygen atoms in total. The zero-order valence-electron chi connectivity index (χ0n) is 15.8. The van der Waals surface area contributed by atoms with E-state index in [0.717, 1.165) is 11.1 Å². The maximum atomic E-state index is 12.1. The molecular weight excluding hydrogens is 354 g/mol. The van der Waals surface area contributed by atoms with E-state index in [-0.39, 0.29) is 12.5 Å². The topological polar surface area (TPSA) is 64.6 Å². The highest BCUT2D eigenvalue weighted by Gasteiger charge is 2.08. The van der Waals surface area contributed by atoms with Crippen molar-refractivity contribution in [3.63, 3.8) is 0 Å². The van der Waals surface area contributed by atoms with Gasteiger partial charge in [-0.1, -0.05) is 48.0 Å². The molecule has 0 aliphatic carbocycles. The van der Waals surface area contributed by atoms with Crippen LogP contribution in [0, 0.1) is 6.92 Å². The van der Waals surface area contributed by atoms with Gasteiger partial charge in [-0.2, -0.15) is 0 Å². The van der Waals surface area contributed by atoms with Crippen LogP contribution >= 0.6 is 0 Å². The molecule has 3 rings (SSSR count). The zero-order valence-corrected chi connectivity index (χ0v) is 15.8. The maximum absolute atomic E-state index is 12.1. The summed E-state index contributed by atoms with van der Waals surface area (Å²) >= 11 is 0. The first-order valence-electron chi connectivity index (χ1n) is 8.83. The van der Waals surface area contributed by atoms with E-state index < -0.39 is 5.97 Å². The number of ether oxygens (including phenoxy) is 2. The molecule has 3 aromatic rings. The molecule has 0 saturated heterocycles.